The topological polar surface area (TPSA) is 12.0 Å². The Hall–Kier alpha value is -0.820. The second-order valence-corrected chi connectivity index (χ2v) is 5.58. The first-order valence-corrected chi connectivity index (χ1v) is 6.79. The minimum Gasteiger partial charge on any atom is -0.314 e. The van der Waals surface area contributed by atoms with Gasteiger partial charge in [-0.15, -0.1) is 0 Å². The monoisotopic (exact) mass is 233 g/mol. The normalized spacial score (nSPS) is 13.1. The number of hydrogen-bond donors (Lipinski definition) is 1. The van der Waals surface area contributed by atoms with Gasteiger partial charge in [-0.25, -0.2) is 0 Å². The van der Waals surface area contributed by atoms with Crippen LogP contribution >= 0.6 is 0 Å². The van der Waals surface area contributed by atoms with Gasteiger partial charge in [-0.05, 0) is 55.8 Å². The quantitative estimate of drug-likeness (QED) is 0.786. The van der Waals surface area contributed by atoms with Crippen LogP contribution in [-0.4, -0.2) is 12.6 Å². The molecule has 1 N–H and O–H groups in total. The Bertz CT molecular complexity index is 321. The molecule has 0 aromatic heterocycles. The van der Waals surface area contributed by atoms with Crippen molar-refractivity contribution in [3.05, 3.63) is 34.9 Å². The van der Waals surface area contributed by atoms with Crippen molar-refractivity contribution < 1.29 is 0 Å². The van der Waals surface area contributed by atoms with Crippen LogP contribution in [0, 0.1) is 19.8 Å². The Labute approximate surface area is 107 Å². The van der Waals surface area contributed by atoms with Crippen molar-refractivity contribution in [3.63, 3.8) is 0 Å². The lowest BCUT2D eigenvalue weighted by Crippen LogP contribution is -2.28. The van der Waals surface area contributed by atoms with Crippen LogP contribution in [0.3, 0.4) is 0 Å². The molecule has 0 heterocycles. The summed E-state index contributed by atoms with van der Waals surface area (Å²) >= 11 is 0. The molecule has 0 radical (unpaired) electrons. The van der Waals surface area contributed by atoms with E-state index in [0.29, 0.717) is 6.04 Å². The summed E-state index contributed by atoms with van der Waals surface area (Å²) in [6, 6.07) is 7.19. The maximum atomic E-state index is 3.51. The molecule has 0 fully saturated rings. The van der Waals surface area contributed by atoms with Crippen molar-refractivity contribution >= 4 is 0 Å². The van der Waals surface area contributed by atoms with Crippen LogP contribution in [-0.2, 0) is 6.42 Å². The van der Waals surface area contributed by atoms with Gasteiger partial charge in [0, 0.05) is 6.04 Å². The van der Waals surface area contributed by atoms with Crippen LogP contribution in [0.1, 0.15) is 43.9 Å². The average Bonchev–Trinajstić information content (AvgIpc) is 2.25. The minimum absolute atomic E-state index is 0.595. The Balaban J connectivity index is 2.44. The molecule has 1 aromatic rings. The summed E-state index contributed by atoms with van der Waals surface area (Å²) in [7, 11) is 0. The second kappa shape index (κ2) is 6.80. The number of hydrogen-bond acceptors (Lipinski definition) is 1. The third-order valence-corrected chi connectivity index (χ3v) is 3.41. The fraction of sp³-hybridized carbons (Fsp3) is 0.625. The third-order valence-electron chi connectivity index (χ3n) is 3.41. The van der Waals surface area contributed by atoms with E-state index in [4.69, 9.17) is 0 Å². The van der Waals surface area contributed by atoms with Crippen molar-refractivity contribution in [2.24, 2.45) is 5.92 Å². The summed E-state index contributed by atoms with van der Waals surface area (Å²) in [5.74, 6) is 0.747. The van der Waals surface area contributed by atoms with E-state index in [1.54, 1.807) is 5.56 Å². The fourth-order valence-electron chi connectivity index (χ4n) is 2.17. The van der Waals surface area contributed by atoms with Crippen LogP contribution in [0.15, 0.2) is 18.2 Å². The van der Waals surface area contributed by atoms with E-state index in [1.807, 2.05) is 0 Å². The molecule has 17 heavy (non-hydrogen) atoms. The smallest absolute Gasteiger partial charge is 0.00104 e. The van der Waals surface area contributed by atoms with E-state index in [0.717, 1.165) is 12.5 Å². The van der Waals surface area contributed by atoms with Gasteiger partial charge in [-0.2, -0.15) is 0 Å². The molecule has 1 heteroatoms. The van der Waals surface area contributed by atoms with Gasteiger partial charge < -0.3 is 5.32 Å². The Morgan fingerprint density at radius 1 is 1.06 bits per heavy atom. The molecule has 1 rings (SSSR count). The maximum absolute atomic E-state index is 3.51. The van der Waals surface area contributed by atoms with E-state index < -0.39 is 0 Å². The molecule has 0 bridgehead atoms. The van der Waals surface area contributed by atoms with Crippen LogP contribution in [0.4, 0.5) is 0 Å². The predicted molar refractivity (Wildman–Crippen MR) is 76.5 cm³/mol. The van der Waals surface area contributed by atoms with Gasteiger partial charge in [-0.1, -0.05) is 39.0 Å². The van der Waals surface area contributed by atoms with Crippen LogP contribution in [0.2, 0.25) is 0 Å². The number of rotatable bonds is 6. The largest absolute Gasteiger partial charge is 0.314 e. The molecular formula is C16H27N. The van der Waals surface area contributed by atoms with Crippen LogP contribution in [0.25, 0.3) is 0 Å². The van der Waals surface area contributed by atoms with Gasteiger partial charge in [0.15, 0.2) is 0 Å². The summed E-state index contributed by atoms with van der Waals surface area (Å²) in [6.45, 7) is 12.3. The Morgan fingerprint density at radius 2 is 1.65 bits per heavy atom. The lowest BCUT2D eigenvalue weighted by molar-refractivity contribution is 0.453. The lowest BCUT2D eigenvalue weighted by Gasteiger charge is -2.16. The number of benzene rings is 1. The zero-order valence-corrected chi connectivity index (χ0v) is 12.0. The van der Waals surface area contributed by atoms with Crippen molar-refractivity contribution in [2.45, 2.75) is 53.5 Å². The lowest BCUT2D eigenvalue weighted by atomic mass is 9.94. The highest BCUT2D eigenvalue weighted by Crippen LogP contribution is 2.17. The first-order chi connectivity index (χ1) is 8.00. The summed E-state index contributed by atoms with van der Waals surface area (Å²) < 4.78 is 0. The van der Waals surface area contributed by atoms with Crippen molar-refractivity contribution in [1.82, 2.24) is 5.32 Å². The molecule has 0 aliphatic heterocycles. The highest BCUT2D eigenvalue weighted by Gasteiger charge is 2.06. The molecule has 0 aliphatic rings. The molecule has 0 saturated carbocycles. The summed E-state index contributed by atoms with van der Waals surface area (Å²) in [5, 5.41) is 3.51. The molecule has 0 spiro atoms. The van der Waals surface area contributed by atoms with Crippen LogP contribution < -0.4 is 5.32 Å². The standard InChI is InChI=1S/C16H27N/c1-12(2)17-11-13(3)9-10-16-14(4)7-6-8-15(16)5/h6-8,12-13,17H,9-11H2,1-5H3. The van der Waals surface area contributed by atoms with E-state index in [-0.39, 0.29) is 0 Å². The van der Waals surface area contributed by atoms with E-state index in [1.165, 1.54) is 24.0 Å². The van der Waals surface area contributed by atoms with Gasteiger partial charge in [0.2, 0.25) is 0 Å². The number of nitrogens with one attached hydrogen (secondary N) is 1. The maximum Gasteiger partial charge on any atom is 0.00104 e. The molecule has 1 nitrogen and oxygen atoms in total. The second-order valence-electron chi connectivity index (χ2n) is 5.58. The Morgan fingerprint density at radius 3 is 2.18 bits per heavy atom. The van der Waals surface area contributed by atoms with Crippen molar-refractivity contribution in [2.75, 3.05) is 6.54 Å². The first-order valence-electron chi connectivity index (χ1n) is 6.79. The van der Waals surface area contributed by atoms with Crippen molar-refractivity contribution in [3.8, 4) is 0 Å². The zero-order chi connectivity index (χ0) is 12.8. The third kappa shape index (κ3) is 4.91. The number of aryl methyl sites for hydroxylation is 2. The molecule has 96 valence electrons. The van der Waals surface area contributed by atoms with Crippen LogP contribution in [0.5, 0.6) is 0 Å². The molecule has 0 amide bonds. The average molecular weight is 233 g/mol. The molecule has 1 unspecified atom stereocenters. The van der Waals surface area contributed by atoms with E-state index in [9.17, 15) is 0 Å². The Kier molecular flexibility index (Phi) is 5.70. The molecule has 1 aromatic carbocycles. The zero-order valence-electron chi connectivity index (χ0n) is 12.0. The van der Waals surface area contributed by atoms with E-state index in [2.05, 4.69) is 58.1 Å². The van der Waals surface area contributed by atoms with Gasteiger partial charge in [0.05, 0.1) is 0 Å². The van der Waals surface area contributed by atoms with Gasteiger partial charge >= 0.3 is 0 Å². The van der Waals surface area contributed by atoms with Gasteiger partial charge in [0.1, 0.15) is 0 Å². The molecule has 1 atom stereocenters. The highest BCUT2D eigenvalue weighted by atomic mass is 14.9. The van der Waals surface area contributed by atoms with Gasteiger partial charge in [-0.3, -0.25) is 0 Å². The van der Waals surface area contributed by atoms with Crippen molar-refractivity contribution in [1.29, 1.82) is 0 Å². The van der Waals surface area contributed by atoms with E-state index >= 15 is 0 Å². The first kappa shape index (κ1) is 14.2. The SMILES string of the molecule is Cc1cccc(C)c1CCC(C)CNC(C)C. The molecule has 0 aliphatic carbocycles. The predicted octanol–water partition coefficient (Wildman–Crippen LogP) is 3.87. The summed E-state index contributed by atoms with van der Waals surface area (Å²) in [5.41, 5.74) is 4.42. The summed E-state index contributed by atoms with van der Waals surface area (Å²) in [6.07, 6.45) is 2.48. The molecular weight excluding hydrogens is 206 g/mol. The fourth-order valence-corrected chi connectivity index (χ4v) is 2.17. The molecule has 0 saturated heterocycles. The highest BCUT2D eigenvalue weighted by molar-refractivity contribution is 5.33. The van der Waals surface area contributed by atoms with Gasteiger partial charge in [0.25, 0.3) is 0 Å². The summed E-state index contributed by atoms with van der Waals surface area (Å²) in [4.78, 5) is 0. The minimum atomic E-state index is 0.595.